The van der Waals surface area contributed by atoms with Gasteiger partial charge in [0.2, 0.25) is 0 Å². The fraction of sp³-hybridized carbons (Fsp3) is 0.480. The lowest BCUT2D eigenvalue weighted by molar-refractivity contribution is -0.123. The normalized spacial score (nSPS) is 17.2. The van der Waals surface area contributed by atoms with E-state index in [-0.39, 0.29) is 18.6 Å². The monoisotopic (exact) mass is 423 g/mol. The van der Waals surface area contributed by atoms with E-state index in [1.54, 1.807) is 7.11 Å². The molecular formula is C25H33N3O3. The van der Waals surface area contributed by atoms with Crippen molar-refractivity contribution in [2.24, 2.45) is 0 Å². The minimum atomic E-state index is -0.0984. The van der Waals surface area contributed by atoms with Crippen LogP contribution in [0.15, 0.2) is 42.5 Å². The average molecular weight is 424 g/mol. The third-order valence-electron chi connectivity index (χ3n) is 6.37. The summed E-state index contributed by atoms with van der Waals surface area (Å²) in [5.74, 6) is 1.33. The van der Waals surface area contributed by atoms with Gasteiger partial charge in [-0.3, -0.25) is 9.69 Å². The first-order valence-corrected chi connectivity index (χ1v) is 11.3. The van der Waals surface area contributed by atoms with Crippen molar-refractivity contribution in [1.82, 2.24) is 10.2 Å². The number of likely N-dealkylation sites (tertiary alicyclic amines) is 1. The highest BCUT2D eigenvalue weighted by atomic mass is 16.5. The van der Waals surface area contributed by atoms with Crippen LogP contribution in [0.3, 0.4) is 0 Å². The molecule has 4 rings (SSSR count). The lowest BCUT2D eigenvalue weighted by Crippen LogP contribution is -2.41. The van der Waals surface area contributed by atoms with E-state index in [4.69, 9.17) is 9.47 Å². The summed E-state index contributed by atoms with van der Waals surface area (Å²) in [7, 11) is 3.78. The molecule has 2 aromatic rings. The molecule has 2 aliphatic rings. The zero-order valence-corrected chi connectivity index (χ0v) is 18.6. The molecule has 0 radical (unpaired) electrons. The van der Waals surface area contributed by atoms with Gasteiger partial charge in [-0.15, -0.1) is 0 Å². The fourth-order valence-corrected chi connectivity index (χ4v) is 4.56. The minimum absolute atomic E-state index is 0.00797. The Hall–Kier alpha value is -2.73. The van der Waals surface area contributed by atoms with Gasteiger partial charge in [0.25, 0.3) is 5.91 Å². The molecule has 0 bridgehead atoms. The van der Waals surface area contributed by atoms with Gasteiger partial charge in [-0.25, -0.2) is 0 Å². The molecule has 6 nitrogen and oxygen atoms in total. The van der Waals surface area contributed by atoms with E-state index in [0.717, 1.165) is 31.8 Å². The summed E-state index contributed by atoms with van der Waals surface area (Å²) in [6.07, 6.45) is 4.83. The molecule has 0 saturated carbocycles. The molecular weight excluding hydrogens is 390 g/mol. The highest BCUT2D eigenvalue weighted by Gasteiger charge is 2.25. The lowest BCUT2D eigenvalue weighted by atomic mass is 9.98. The van der Waals surface area contributed by atoms with E-state index in [2.05, 4.69) is 40.4 Å². The number of carbonyl (C=O) groups excluding carboxylic acids is 1. The van der Waals surface area contributed by atoms with Crippen molar-refractivity contribution in [1.29, 1.82) is 0 Å². The number of benzene rings is 2. The number of fused-ring (bicyclic) bond motifs is 1. The second kappa shape index (κ2) is 10.1. The summed E-state index contributed by atoms with van der Waals surface area (Å²) in [6.45, 7) is 3.85. The highest BCUT2D eigenvalue weighted by molar-refractivity contribution is 5.77. The van der Waals surface area contributed by atoms with Crippen LogP contribution in [0.5, 0.6) is 11.5 Å². The van der Waals surface area contributed by atoms with Crippen molar-refractivity contribution in [3.8, 4) is 11.5 Å². The Labute approximate surface area is 185 Å². The SMILES string of the molecule is COc1ccc(OCC(=O)NC[C@@H](c2ccc3c(c2)CCN3C)N2CCCCC2)cc1. The van der Waals surface area contributed by atoms with Crippen LogP contribution >= 0.6 is 0 Å². The number of ether oxygens (including phenoxy) is 2. The maximum atomic E-state index is 12.5. The Morgan fingerprint density at radius 2 is 1.77 bits per heavy atom. The van der Waals surface area contributed by atoms with E-state index in [1.807, 2.05) is 24.3 Å². The largest absolute Gasteiger partial charge is 0.497 e. The van der Waals surface area contributed by atoms with Gasteiger partial charge < -0.3 is 19.7 Å². The zero-order chi connectivity index (χ0) is 21.6. The van der Waals surface area contributed by atoms with Crippen molar-refractivity contribution in [3.05, 3.63) is 53.6 Å². The van der Waals surface area contributed by atoms with Crippen molar-refractivity contribution in [2.45, 2.75) is 31.7 Å². The number of rotatable bonds is 8. The Bertz CT molecular complexity index is 878. The van der Waals surface area contributed by atoms with Crippen molar-refractivity contribution in [2.75, 3.05) is 51.8 Å². The number of amides is 1. The molecule has 2 aliphatic heterocycles. The van der Waals surface area contributed by atoms with Gasteiger partial charge in [0.15, 0.2) is 6.61 Å². The third-order valence-corrected chi connectivity index (χ3v) is 6.37. The summed E-state index contributed by atoms with van der Waals surface area (Å²) in [5.41, 5.74) is 4.04. The first-order chi connectivity index (χ1) is 15.1. The predicted octanol–water partition coefficient (Wildman–Crippen LogP) is 3.41. The Balaban J connectivity index is 1.38. The second-order valence-electron chi connectivity index (χ2n) is 8.44. The summed E-state index contributed by atoms with van der Waals surface area (Å²) in [4.78, 5) is 17.3. The molecule has 1 N–H and O–H groups in total. The van der Waals surface area contributed by atoms with Crippen molar-refractivity contribution in [3.63, 3.8) is 0 Å². The molecule has 2 aromatic carbocycles. The van der Waals surface area contributed by atoms with E-state index in [0.29, 0.717) is 12.3 Å². The first-order valence-electron chi connectivity index (χ1n) is 11.3. The molecule has 0 aromatic heterocycles. The van der Waals surface area contributed by atoms with Gasteiger partial charge in [-0.05, 0) is 73.8 Å². The molecule has 1 amide bonds. The van der Waals surface area contributed by atoms with E-state index >= 15 is 0 Å². The molecule has 1 atom stereocenters. The first kappa shape index (κ1) is 21.5. The minimum Gasteiger partial charge on any atom is -0.497 e. The van der Waals surface area contributed by atoms with Gasteiger partial charge in [0, 0.05) is 25.8 Å². The predicted molar refractivity (Wildman–Crippen MR) is 123 cm³/mol. The summed E-state index contributed by atoms with van der Waals surface area (Å²) < 4.78 is 10.8. The van der Waals surface area contributed by atoms with Gasteiger partial charge in [-0.1, -0.05) is 18.6 Å². The average Bonchev–Trinajstić information content (AvgIpc) is 3.19. The summed E-state index contributed by atoms with van der Waals surface area (Å²) >= 11 is 0. The standard InChI is InChI=1S/C25H33N3O3/c1-27-15-12-20-16-19(6-11-23(20)27)24(28-13-4-3-5-14-28)17-26-25(29)18-31-22-9-7-21(30-2)8-10-22/h6-11,16,24H,3-5,12-15,17-18H2,1-2H3,(H,26,29)/t24-/m0/s1. The van der Waals surface area contributed by atoms with Gasteiger partial charge in [-0.2, -0.15) is 0 Å². The van der Waals surface area contributed by atoms with Crippen LogP contribution < -0.4 is 19.7 Å². The second-order valence-corrected chi connectivity index (χ2v) is 8.44. The molecule has 6 heteroatoms. The number of nitrogens with one attached hydrogen (secondary N) is 1. The van der Waals surface area contributed by atoms with Crippen LogP contribution in [-0.4, -0.2) is 57.8 Å². The van der Waals surface area contributed by atoms with Crippen molar-refractivity contribution < 1.29 is 14.3 Å². The third kappa shape index (κ3) is 5.31. The Kier molecular flexibility index (Phi) is 6.97. The number of carbonyl (C=O) groups is 1. The quantitative estimate of drug-likeness (QED) is 0.705. The van der Waals surface area contributed by atoms with Crippen LogP contribution in [0.2, 0.25) is 0 Å². The van der Waals surface area contributed by atoms with E-state index < -0.39 is 0 Å². The molecule has 1 saturated heterocycles. The van der Waals surface area contributed by atoms with Crippen LogP contribution in [0, 0.1) is 0 Å². The number of hydrogen-bond donors (Lipinski definition) is 1. The molecule has 0 unspecified atom stereocenters. The summed E-state index contributed by atoms with van der Waals surface area (Å²) in [6, 6.07) is 14.3. The topological polar surface area (TPSA) is 54.0 Å². The maximum absolute atomic E-state index is 12.5. The van der Waals surface area contributed by atoms with Crippen LogP contribution in [0.4, 0.5) is 5.69 Å². The Morgan fingerprint density at radius 1 is 1.03 bits per heavy atom. The summed E-state index contributed by atoms with van der Waals surface area (Å²) in [5, 5.41) is 3.11. The van der Waals surface area contributed by atoms with Gasteiger partial charge in [0.1, 0.15) is 11.5 Å². The zero-order valence-electron chi connectivity index (χ0n) is 18.6. The maximum Gasteiger partial charge on any atom is 0.258 e. The van der Waals surface area contributed by atoms with Crippen LogP contribution in [0.25, 0.3) is 0 Å². The molecule has 1 fully saturated rings. The molecule has 2 heterocycles. The number of likely N-dealkylation sites (N-methyl/N-ethyl adjacent to an activating group) is 1. The van der Waals surface area contributed by atoms with E-state index in [9.17, 15) is 4.79 Å². The molecule has 0 aliphatic carbocycles. The number of anilines is 1. The number of hydrogen-bond acceptors (Lipinski definition) is 5. The number of nitrogens with zero attached hydrogens (tertiary/aromatic N) is 2. The number of methoxy groups -OCH3 is 1. The van der Waals surface area contributed by atoms with Crippen LogP contribution in [0.1, 0.15) is 36.4 Å². The fourth-order valence-electron chi connectivity index (χ4n) is 4.56. The molecule has 166 valence electrons. The Morgan fingerprint density at radius 3 is 2.52 bits per heavy atom. The highest BCUT2D eigenvalue weighted by Crippen LogP contribution is 2.32. The van der Waals surface area contributed by atoms with Gasteiger partial charge in [0.05, 0.1) is 13.2 Å². The number of piperidine rings is 1. The molecule has 31 heavy (non-hydrogen) atoms. The molecule has 0 spiro atoms. The van der Waals surface area contributed by atoms with Crippen molar-refractivity contribution >= 4 is 11.6 Å². The van der Waals surface area contributed by atoms with Crippen LogP contribution in [-0.2, 0) is 11.2 Å². The van der Waals surface area contributed by atoms with E-state index in [1.165, 1.54) is 36.1 Å². The van der Waals surface area contributed by atoms with Gasteiger partial charge >= 0.3 is 0 Å². The lowest BCUT2D eigenvalue weighted by Gasteiger charge is -2.35. The smallest absolute Gasteiger partial charge is 0.258 e.